The van der Waals surface area contributed by atoms with Crippen LogP contribution in [0.25, 0.3) is 11.0 Å². The van der Waals surface area contributed by atoms with Crippen LogP contribution >= 0.6 is 0 Å². The van der Waals surface area contributed by atoms with Crippen molar-refractivity contribution in [2.45, 2.75) is 47.1 Å². The number of hydrogen-bond donors (Lipinski definition) is 0. The molecule has 2 rings (SSSR count). The molecule has 2 aromatic heterocycles. The molecule has 0 aromatic carbocycles. The van der Waals surface area contributed by atoms with E-state index in [1.807, 2.05) is 39.1 Å². The number of aryl methyl sites for hydroxylation is 2. The summed E-state index contributed by atoms with van der Waals surface area (Å²) in [6.07, 6.45) is 3.95. The average Bonchev–Trinajstić information content (AvgIpc) is 2.84. The fourth-order valence-corrected chi connectivity index (χ4v) is 2.24. The summed E-state index contributed by atoms with van der Waals surface area (Å²) in [5, 5.41) is 0.949. The highest BCUT2D eigenvalue weighted by atomic mass is 16.5. The molecule has 0 unspecified atom stereocenters. The third-order valence-electron chi connectivity index (χ3n) is 3.24. The molecular formula is C17H26N2O2. The molecule has 0 saturated heterocycles. The third kappa shape index (κ3) is 4.39. The van der Waals surface area contributed by atoms with Crippen molar-refractivity contribution < 1.29 is 9.53 Å². The summed E-state index contributed by atoms with van der Waals surface area (Å²) < 4.78 is 7.13. The van der Waals surface area contributed by atoms with Crippen LogP contribution in [0.3, 0.4) is 0 Å². The quantitative estimate of drug-likeness (QED) is 0.596. The van der Waals surface area contributed by atoms with Crippen molar-refractivity contribution in [3.05, 3.63) is 29.6 Å². The first kappa shape index (κ1) is 17.4. The number of ketones is 1. The Bertz CT molecular complexity index is 588. The van der Waals surface area contributed by atoms with E-state index in [0.29, 0.717) is 0 Å². The maximum Gasteiger partial charge on any atom is 0.162 e. The summed E-state index contributed by atoms with van der Waals surface area (Å²) in [5.41, 5.74) is 2.63. The van der Waals surface area contributed by atoms with Crippen LogP contribution in [0, 0.1) is 6.92 Å². The highest BCUT2D eigenvalue weighted by Crippen LogP contribution is 2.21. The Morgan fingerprint density at radius 2 is 2.00 bits per heavy atom. The Labute approximate surface area is 127 Å². The molecule has 2 aromatic rings. The van der Waals surface area contributed by atoms with Gasteiger partial charge in [0.2, 0.25) is 0 Å². The molecule has 2 heterocycles. The van der Waals surface area contributed by atoms with Crippen LogP contribution in [-0.2, 0) is 11.3 Å². The number of Topliss-reactive ketones (excluding diaryl/α,β-unsaturated/α-hetero) is 1. The van der Waals surface area contributed by atoms with Crippen LogP contribution < -0.4 is 0 Å². The van der Waals surface area contributed by atoms with Gasteiger partial charge in [0.15, 0.2) is 5.78 Å². The molecule has 21 heavy (non-hydrogen) atoms. The van der Waals surface area contributed by atoms with Crippen molar-refractivity contribution >= 4 is 16.8 Å². The molecule has 0 aliphatic carbocycles. The fraction of sp³-hybridized carbons (Fsp3) is 0.529. The van der Waals surface area contributed by atoms with E-state index < -0.39 is 0 Å². The SMILES string of the molecule is CC.COCCCCn1cc(C(C)=O)c2ccc(C)nc21. The first-order valence-electron chi connectivity index (χ1n) is 7.60. The molecule has 0 saturated carbocycles. The number of hydrogen-bond acceptors (Lipinski definition) is 3. The van der Waals surface area contributed by atoms with Gasteiger partial charge in [0.25, 0.3) is 0 Å². The van der Waals surface area contributed by atoms with E-state index in [4.69, 9.17) is 4.74 Å². The minimum atomic E-state index is 0.0892. The minimum Gasteiger partial charge on any atom is -0.385 e. The molecule has 0 spiro atoms. The first-order valence-corrected chi connectivity index (χ1v) is 7.60. The summed E-state index contributed by atoms with van der Waals surface area (Å²) in [4.78, 5) is 16.2. The lowest BCUT2D eigenvalue weighted by Crippen LogP contribution is -2.00. The van der Waals surface area contributed by atoms with Crippen molar-refractivity contribution in [3.8, 4) is 0 Å². The van der Waals surface area contributed by atoms with Crippen LogP contribution in [0.15, 0.2) is 18.3 Å². The highest BCUT2D eigenvalue weighted by Gasteiger charge is 2.12. The minimum absolute atomic E-state index is 0.0892. The standard InChI is InChI=1S/C15H20N2O2.C2H6/c1-11-6-7-13-14(12(2)18)10-17(15(13)16-11)8-4-5-9-19-3;1-2/h6-7,10H,4-5,8-9H2,1-3H3;1-2H3. The lowest BCUT2D eigenvalue weighted by Gasteiger charge is -2.04. The third-order valence-corrected chi connectivity index (χ3v) is 3.24. The van der Waals surface area contributed by atoms with E-state index in [1.54, 1.807) is 14.0 Å². The monoisotopic (exact) mass is 290 g/mol. The summed E-state index contributed by atoms with van der Waals surface area (Å²) in [7, 11) is 1.71. The second-order valence-electron chi connectivity index (χ2n) is 4.82. The lowest BCUT2D eigenvalue weighted by molar-refractivity contribution is 0.101. The number of nitrogens with zero attached hydrogens (tertiary/aromatic N) is 2. The number of ether oxygens (including phenoxy) is 1. The molecule has 0 bridgehead atoms. The number of fused-ring (bicyclic) bond motifs is 1. The Morgan fingerprint density at radius 3 is 2.62 bits per heavy atom. The van der Waals surface area contributed by atoms with Crippen molar-refractivity contribution in [1.82, 2.24) is 9.55 Å². The molecule has 0 N–H and O–H groups in total. The number of aromatic nitrogens is 2. The topological polar surface area (TPSA) is 44.1 Å². The maximum atomic E-state index is 11.7. The average molecular weight is 290 g/mol. The molecule has 0 atom stereocenters. The van der Waals surface area contributed by atoms with Gasteiger partial charge in [-0.2, -0.15) is 0 Å². The normalized spacial score (nSPS) is 10.3. The molecule has 0 aliphatic heterocycles. The molecule has 0 radical (unpaired) electrons. The molecule has 116 valence electrons. The van der Waals surface area contributed by atoms with Gasteiger partial charge in [-0.05, 0) is 38.8 Å². The van der Waals surface area contributed by atoms with Gasteiger partial charge in [-0.1, -0.05) is 13.8 Å². The van der Waals surface area contributed by atoms with Gasteiger partial charge in [-0.25, -0.2) is 4.98 Å². The molecule has 0 fully saturated rings. The van der Waals surface area contributed by atoms with Gasteiger partial charge < -0.3 is 9.30 Å². The molecule has 0 aliphatic rings. The number of carbonyl (C=O) groups is 1. The van der Waals surface area contributed by atoms with Gasteiger partial charge in [0.1, 0.15) is 5.65 Å². The molecule has 4 nitrogen and oxygen atoms in total. The first-order chi connectivity index (χ1) is 10.1. The largest absolute Gasteiger partial charge is 0.385 e. The van der Waals surface area contributed by atoms with Gasteiger partial charge in [0.05, 0.1) is 0 Å². The number of pyridine rings is 1. The highest BCUT2D eigenvalue weighted by molar-refractivity contribution is 6.06. The second kappa shape index (κ2) is 8.57. The van der Waals surface area contributed by atoms with E-state index >= 15 is 0 Å². The fourth-order valence-electron chi connectivity index (χ4n) is 2.24. The Balaban J connectivity index is 0.00000106. The summed E-state index contributed by atoms with van der Waals surface area (Å²) in [6.45, 7) is 9.20. The van der Waals surface area contributed by atoms with Crippen molar-refractivity contribution in [2.24, 2.45) is 0 Å². The van der Waals surface area contributed by atoms with Gasteiger partial charge in [-0.15, -0.1) is 0 Å². The van der Waals surface area contributed by atoms with E-state index in [2.05, 4.69) is 9.55 Å². The van der Waals surface area contributed by atoms with Crippen LogP contribution in [0.2, 0.25) is 0 Å². The lowest BCUT2D eigenvalue weighted by atomic mass is 10.1. The van der Waals surface area contributed by atoms with Crippen LogP contribution in [0.4, 0.5) is 0 Å². The summed E-state index contributed by atoms with van der Waals surface area (Å²) in [6, 6.07) is 3.93. The predicted molar refractivity (Wildman–Crippen MR) is 86.9 cm³/mol. The number of methoxy groups -OCH3 is 1. The van der Waals surface area contributed by atoms with Crippen molar-refractivity contribution in [1.29, 1.82) is 0 Å². The van der Waals surface area contributed by atoms with Crippen LogP contribution in [0.1, 0.15) is 49.7 Å². The van der Waals surface area contributed by atoms with Crippen molar-refractivity contribution in [2.75, 3.05) is 13.7 Å². The zero-order valence-corrected chi connectivity index (χ0v) is 13.8. The van der Waals surface area contributed by atoms with E-state index in [9.17, 15) is 4.79 Å². The van der Waals surface area contributed by atoms with Gasteiger partial charge >= 0.3 is 0 Å². The Kier molecular flexibility index (Phi) is 7.09. The number of rotatable bonds is 6. The van der Waals surface area contributed by atoms with Gasteiger partial charge in [-0.3, -0.25) is 4.79 Å². The van der Waals surface area contributed by atoms with Crippen LogP contribution in [-0.4, -0.2) is 29.1 Å². The van der Waals surface area contributed by atoms with E-state index in [1.165, 1.54) is 0 Å². The van der Waals surface area contributed by atoms with Crippen molar-refractivity contribution in [3.63, 3.8) is 0 Å². The second-order valence-corrected chi connectivity index (χ2v) is 4.82. The van der Waals surface area contributed by atoms with Gasteiger partial charge in [0, 0.05) is 43.1 Å². The Morgan fingerprint density at radius 1 is 1.29 bits per heavy atom. The maximum absolute atomic E-state index is 11.7. The predicted octanol–water partition coefficient (Wildman–Crippen LogP) is 4.00. The smallest absolute Gasteiger partial charge is 0.162 e. The summed E-state index contributed by atoms with van der Waals surface area (Å²) >= 11 is 0. The zero-order valence-electron chi connectivity index (χ0n) is 13.8. The number of unbranched alkanes of at least 4 members (excludes halogenated alkanes) is 1. The van der Waals surface area contributed by atoms with E-state index in [-0.39, 0.29) is 5.78 Å². The summed E-state index contributed by atoms with van der Waals surface area (Å²) in [5.74, 6) is 0.0892. The molecule has 0 amide bonds. The zero-order chi connectivity index (χ0) is 15.8. The molecular weight excluding hydrogens is 264 g/mol. The van der Waals surface area contributed by atoms with E-state index in [0.717, 1.165) is 48.3 Å². The Hall–Kier alpha value is -1.68. The number of carbonyl (C=O) groups excluding carboxylic acids is 1. The molecule has 4 heteroatoms. The van der Waals surface area contributed by atoms with Crippen LogP contribution in [0.5, 0.6) is 0 Å².